The van der Waals surface area contributed by atoms with Crippen LogP contribution in [0, 0.1) is 17.3 Å². The summed E-state index contributed by atoms with van der Waals surface area (Å²) in [5, 5.41) is 10.0. The maximum atomic E-state index is 10.0. The van der Waals surface area contributed by atoms with Gasteiger partial charge in [-0.3, -0.25) is 0 Å². The average Bonchev–Trinajstić information content (AvgIpc) is 3.00. The van der Waals surface area contributed by atoms with Crippen LogP contribution >= 0.6 is 0 Å². The van der Waals surface area contributed by atoms with Crippen molar-refractivity contribution in [3.05, 3.63) is 0 Å². The molecular formula is C19H36O5Si. The quantitative estimate of drug-likeness (QED) is 0.752. The fraction of sp³-hybridized carbons (Fsp3) is 1.00. The predicted molar refractivity (Wildman–Crippen MR) is 98.8 cm³/mol. The van der Waals surface area contributed by atoms with Gasteiger partial charge in [0.2, 0.25) is 0 Å². The molecular weight excluding hydrogens is 336 g/mol. The number of aliphatic hydroxyl groups excluding tert-OH is 1. The van der Waals surface area contributed by atoms with E-state index in [9.17, 15) is 5.11 Å². The van der Waals surface area contributed by atoms with Crippen LogP contribution in [0.3, 0.4) is 0 Å². The molecule has 25 heavy (non-hydrogen) atoms. The van der Waals surface area contributed by atoms with E-state index in [1.807, 2.05) is 0 Å². The molecule has 7 atom stereocenters. The van der Waals surface area contributed by atoms with E-state index in [1.165, 1.54) is 6.42 Å². The molecule has 1 aliphatic carbocycles. The highest BCUT2D eigenvalue weighted by Crippen LogP contribution is 2.50. The molecule has 0 aromatic rings. The first kappa shape index (κ1) is 19.8. The second kappa shape index (κ2) is 7.95. The molecule has 0 aromatic heterocycles. The Morgan fingerprint density at radius 2 is 1.92 bits per heavy atom. The first-order chi connectivity index (χ1) is 11.8. The summed E-state index contributed by atoms with van der Waals surface area (Å²) >= 11 is 0. The fourth-order valence-corrected chi connectivity index (χ4v) is 5.96. The van der Waals surface area contributed by atoms with Crippen molar-refractivity contribution in [2.45, 2.75) is 96.9 Å². The Labute approximate surface area is 154 Å². The summed E-state index contributed by atoms with van der Waals surface area (Å²) in [6, 6.07) is 0. The van der Waals surface area contributed by atoms with E-state index in [4.69, 9.17) is 18.6 Å². The summed E-state index contributed by atoms with van der Waals surface area (Å²) in [6.45, 7) is 12.0. The van der Waals surface area contributed by atoms with Gasteiger partial charge >= 0.3 is 0 Å². The second-order valence-electron chi connectivity index (χ2n) is 9.28. The predicted octanol–water partition coefficient (Wildman–Crippen LogP) is 3.06. The standard InChI is InChI=1S/C19H36O5Si/c1-19(2,3)18(24-25(4)5)17-12-10-15(20)22-13(12)11-14(17)23-16-8-6-7-9-21-16/h12-18,20,25H,6-11H2,1-5H3/t12-,13-,14+,15?,16?,17-,18?/m0/s1. The van der Waals surface area contributed by atoms with Crippen molar-refractivity contribution >= 4 is 9.04 Å². The molecule has 0 spiro atoms. The molecule has 0 radical (unpaired) electrons. The second-order valence-corrected chi connectivity index (χ2v) is 11.7. The Morgan fingerprint density at radius 1 is 1.16 bits per heavy atom. The summed E-state index contributed by atoms with van der Waals surface area (Å²) in [6.07, 6.45) is 4.35. The van der Waals surface area contributed by atoms with E-state index in [2.05, 4.69) is 33.9 Å². The van der Waals surface area contributed by atoms with Crippen LogP contribution in [0.25, 0.3) is 0 Å². The molecule has 2 aliphatic heterocycles. The van der Waals surface area contributed by atoms with Crippen molar-refractivity contribution in [2.24, 2.45) is 17.3 Å². The zero-order chi connectivity index (χ0) is 18.2. The smallest absolute Gasteiger partial charge is 0.171 e. The van der Waals surface area contributed by atoms with Gasteiger partial charge < -0.3 is 23.7 Å². The summed E-state index contributed by atoms with van der Waals surface area (Å²) < 4.78 is 24.6. The van der Waals surface area contributed by atoms with Gasteiger partial charge in [-0.1, -0.05) is 20.8 Å². The summed E-state index contributed by atoms with van der Waals surface area (Å²) in [7, 11) is -1.20. The van der Waals surface area contributed by atoms with Crippen molar-refractivity contribution in [1.29, 1.82) is 0 Å². The van der Waals surface area contributed by atoms with Gasteiger partial charge in [0.15, 0.2) is 21.6 Å². The van der Waals surface area contributed by atoms with Crippen molar-refractivity contribution in [3.8, 4) is 0 Å². The summed E-state index contributed by atoms with van der Waals surface area (Å²) in [5.74, 6) is 0.558. The van der Waals surface area contributed by atoms with Gasteiger partial charge in [0.1, 0.15) is 0 Å². The van der Waals surface area contributed by atoms with Crippen molar-refractivity contribution < 1.29 is 23.7 Å². The van der Waals surface area contributed by atoms with Gasteiger partial charge in [0.25, 0.3) is 0 Å². The lowest BCUT2D eigenvalue weighted by molar-refractivity contribution is -0.208. The summed E-state index contributed by atoms with van der Waals surface area (Å²) in [5.41, 5.74) is 0.0272. The van der Waals surface area contributed by atoms with E-state index < -0.39 is 15.3 Å². The first-order valence-corrected chi connectivity index (χ1v) is 12.8. The van der Waals surface area contributed by atoms with Crippen molar-refractivity contribution in [2.75, 3.05) is 6.61 Å². The summed E-state index contributed by atoms with van der Waals surface area (Å²) in [4.78, 5) is 0. The van der Waals surface area contributed by atoms with Crippen LogP contribution in [0.15, 0.2) is 0 Å². The molecule has 1 saturated carbocycles. The average molecular weight is 373 g/mol. The third kappa shape index (κ3) is 4.65. The minimum absolute atomic E-state index is 0.0272. The lowest BCUT2D eigenvalue weighted by atomic mass is 9.75. The maximum Gasteiger partial charge on any atom is 0.171 e. The van der Waals surface area contributed by atoms with Crippen LogP contribution in [0.5, 0.6) is 0 Å². The number of hydrogen-bond acceptors (Lipinski definition) is 5. The van der Waals surface area contributed by atoms with E-state index >= 15 is 0 Å². The van der Waals surface area contributed by atoms with Crippen LogP contribution in [0.4, 0.5) is 0 Å². The monoisotopic (exact) mass is 372 g/mol. The molecule has 3 unspecified atom stereocenters. The van der Waals surface area contributed by atoms with Gasteiger partial charge in [-0.15, -0.1) is 0 Å². The van der Waals surface area contributed by atoms with E-state index in [1.54, 1.807) is 0 Å². The van der Waals surface area contributed by atoms with Crippen LogP contribution in [-0.2, 0) is 18.6 Å². The van der Waals surface area contributed by atoms with Crippen molar-refractivity contribution in [3.63, 3.8) is 0 Å². The largest absolute Gasteiger partial charge is 0.417 e. The van der Waals surface area contributed by atoms with Crippen LogP contribution in [0.2, 0.25) is 13.1 Å². The first-order valence-electron chi connectivity index (χ1n) is 10.0. The SMILES string of the molecule is C[SiH](C)OC([C@H]1[C@H]2CC(O)O[C@H]2C[C@H]1OC1CCCCO1)C(C)(C)C. The van der Waals surface area contributed by atoms with Crippen LogP contribution < -0.4 is 0 Å². The fourth-order valence-electron chi connectivity index (χ4n) is 4.78. The normalized spacial score (nSPS) is 40.4. The van der Waals surface area contributed by atoms with E-state index in [0.29, 0.717) is 12.3 Å². The molecule has 2 saturated heterocycles. The Morgan fingerprint density at radius 3 is 2.52 bits per heavy atom. The number of hydrogen-bond donors (Lipinski definition) is 1. The third-order valence-electron chi connectivity index (χ3n) is 5.76. The number of ether oxygens (including phenoxy) is 3. The molecule has 5 nitrogen and oxygen atoms in total. The molecule has 146 valence electrons. The molecule has 2 heterocycles. The van der Waals surface area contributed by atoms with Gasteiger partial charge in [0.05, 0.1) is 18.3 Å². The molecule has 0 amide bonds. The minimum Gasteiger partial charge on any atom is -0.417 e. The Balaban J connectivity index is 1.80. The lowest BCUT2D eigenvalue weighted by Crippen LogP contribution is -2.46. The number of aliphatic hydroxyl groups is 1. The van der Waals surface area contributed by atoms with E-state index in [-0.39, 0.29) is 35.9 Å². The highest BCUT2D eigenvalue weighted by Gasteiger charge is 2.55. The highest BCUT2D eigenvalue weighted by atomic mass is 28.3. The van der Waals surface area contributed by atoms with Crippen molar-refractivity contribution in [1.82, 2.24) is 0 Å². The lowest BCUT2D eigenvalue weighted by Gasteiger charge is -2.42. The third-order valence-corrected chi connectivity index (χ3v) is 6.60. The molecule has 0 aromatic carbocycles. The topological polar surface area (TPSA) is 57.2 Å². The van der Waals surface area contributed by atoms with Gasteiger partial charge in [-0.05, 0) is 43.7 Å². The molecule has 3 fully saturated rings. The highest BCUT2D eigenvalue weighted by molar-refractivity contribution is 6.48. The van der Waals surface area contributed by atoms with Gasteiger partial charge in [0, 0.05) is 25.4 Å². The van der Waals surface area contributed by atoms with Crippen LogP contribution in [0.1, 0.15) is 52.9 Å². The molecule has 1 N–H and O–H groups in total. The Kier molecular flexibility index (Phi) is 6.28. The number of fused-ring (bicyclic) bond motifs is 1. The molecule has 6 heteroatoms. The van der Waals surface area contributed by atoms with E-state index in [0.717, 1.165) is 25.9 Å². The Bertz CT molecular complexity index is 432. The minimum atomic E-state index is -1.20. The zero-order valence-corrected chi connectivity index (χ0v) is 17.6. The van der Waals surface area contributed by atoms with Gasteiger partial charge in [-0.2, -0.15) is 0 Å². The zero-order valence-electron chi connectivity index (χ0n) is 16.4. The molecule has 3 aliphatic rings. The molecule has 0 bridgehead atoms. The molecule has 3 rings (SSSR count). The Hall–Kier alpha value is 0.0169. The maximum absolute atomic E-state index is 10.0. The van der Waals surface area contributed by atoms with Crippen LogP contribution in [-0.4, -0.2) is 51.6 Å². The van der Waals surface area contributed by atoms with Gasteiger partial charge in [-0.25, -0.2) is 0 Å². The number of rotatable bonds is 5.